The Morgan fingerprint density at radius 1 is 0.892 bits per heavy atom. The predicted octanol–water partition coefficient (Wildman–Crippen LogP) is 9.02. The van der Waals surface area contributed by atoms with Crippen molar-refractivity contribution in [2.75, 3.05) is 0 Å². The lowest BCUT2D eigenvalue weighted by molar-refractivity contribution is -0.152. The number of fused-ring (bicyclic) bond motifs is 5. The second-order valence-corrected chi connectivity index (χ2v) is 14.7. The maximum absolute atomic E-state index is 13.3. The number of Topliss-reactive ketones (excluding diaryl/α,β-unsaturated/α-hetero) is 1. The molecular weight excluding hydrogens is 450 g/mol. The summed E-state index contributed by atoms with van der Waals surface area (Å²) in [7, 11) is 0. The summed E-state index contributed by atoms with van der Waals surface area (Å²) in [6.07, 6.45) is 15.2. The number of nitrogens with zero attached hydrogens (tertiary/aromatic N) is 1. The monoisotopic (exact) mass is 501 g/mol. The number of hydrogen-bond acceptors (Lipinski definition) is 2. The van der Waals surface area contributed by atoms with Crippen LogP contribution in [0.25, 0.3) is 0 Å². The number of ketones is 1. The molecule has 2 nitrogen and oxygen atoms in total. The van der Waals surface area contributed by atoms with Crippen LogP contribution in [-0.4, -0.2) is 5.78 Å². The Hall–Kier alpha value is -1.62. The van der Waals surface area contributed by atoms with Gasteiger partial charge in [-0.25, -0.2) is 0 Å². The summed E-state index contributed by atoms with van der Waals surface area (Å²) in [5, 5.41) is 9.17. The number of rotatable bonds is 7. The van der Waals surface area contributed by atoms with E-state index in [1.165, 1.54) is 63.4 Å². The van der Waals surface area contributed by atoms with Gasteiger partial charge in [0.1, 0.15) is 5.78 Å². The van der Waals surface area contributed by atoms with Gasteiger partial charge in [0.2, 0.25) is 0 Å². The third-order valence-electron chi connectivity index (χ3n) is 12.5. The standard InChI is InChI=1S/C35H51NO/c1-23(2)7-6-8-24(3)29-15-16-30-27-13-14-31-28(21-25-9-11-26(22-36)12-10-25)33(37)18-20-35(31,5)32(27)17-19-34(29,30)4/h9-12,23-24,27-32H,6-8,13-21H2,1-5H3/t24-,27+,28+,29-,30+,31+,32+,34-,35+/m1/s1. The smallest absolute Gasteiger partial charge is 0.136 e. The van der Waals surface area contributed by atoms with Gasteiger partial charge in [-0.3, -0.25) is 4.79 Å². The first-order chi connectivity index (χ1) is 17.7. The Labute approximate surface area is 227 Å². The molecule has 2 heteroatoms. The van der Waals surface area contributed by atoms with Crippen molar-refractivity contribution in [2.45, 2.75) is 112 Å². The van der Waals surface area contributed by atoms with Crippen molar-refractivity contribution < 1.29 is 4.79 Å². The molecule has 0 radical (unpaired) electrons. The fourth-order valence-electron chi connectivity index (χ4n) is 10.6. The van der Waals surface area contributed by atoms with E-state index in [0.717, 1.165) is 54.8 Å². The van der Waals surface area contributed by atoms with E-state index < -0.39 is 0 Å². The van der Waals surface area contributed by atoms with Gasteiger partial charge in [0, 0.05) is 12.3 Å². The molecule has 0 unspecified atom stereocenters. The minimum atomic E-state index is 0.165. The highest BCUT2D eigenvalue weighted by atomic mass is 16.1. The van der Waals surface area contributed by atoms with Crippen LogP contribution in [0.4, 0.5) is 0 Å². The van der Waals surface area contributed by atoms with Gasteiger partial charge in [-0.1, -0.05) is 66.0 Å². The van der Waals surface area contributed by atoms with Gasteiger partial charge >= 0.3 is 0 Å². The summed E-state index contributed by atoms with van der Waals surface area (Å²) >= 11 is 0. The first-order valence-electron chi connectivity index (χ1n) is 15.7. The van der Waals surface area contributed by atoms with Crippen LogP contribution in [-0.2, 0) is 11.2 Å². The first kappa shape index (κ1) is 27.0. The van der Waals surface area contributed by atoms with E-state index in [2.05, 4.69) is 52.8 Å². The van der Waals surface area contributed by atoms with Crippen molar-refractivity contribution in [1.82, 2.24) is 0 Å². The molecule has 0 aromatic heterocycles. The van der Waals surface area contributed by atoms with Crippen LogP contribution in [0.15, 0.2) is 24.3 Å². The third-order valence-corrected chi connectivity index (χ3v) is 12.5. The van der Waals surface area contributed by atoms with Gasteiger partial charge < -0.3 is 0 Å². The van der Waals surface area contributed by atoms with Gasteiger partial charge in [0.25, 0.3) is 0 Å². The molecule has 0 saturated heterocycles. The summed E-state index contributed by atoms with van der Waals surface area (Å²) in [6, 6.07) is 10.2. The van der Waals surface area contributed by atoms with Crippen LogP contribution in [0, 0.1) is 69.5 Å². The van der Waals surface area contributed by atoms with Gasteiger partial charge in [-0.15, -0.1) is 0 Å². The molecule has 4 aliphatic carbocycles. The van der Waals surface area contributed by atoms with Gasteiger partial charge in [0.15, 0.2) is 0 Å². The average Bonchev–Trinajstić information content (AvgIpc) is 3.23. The largest absolute Gasteiger partial charge is 0.299 e. The fraction of sp³-hybridized carbons (Fsp3) is 0.771. The minimum absolute atomic E-state index is 0.165. The Kier molecular flexibility index (Phi) is 7.66. The molecule has 202 valence electrons. The molecule has 0 N–H and O–H groups in total. The molecule has 0 bridgehead atoms. The van der Waals surface area contributed by atoms with E-state index in [4.69, 9.17) is 0 Å². The normalized spacial score (nSPS) is 40.0. The zero-order valence-electron chi connectivity index (χ0n) is 24.3. The van der Waals surface area contributed by atoms with E-state index in [0.29, 0.717) is 28.1 Å². The lowest BCUT2D eigenvalue weighted by Crippen LogP contribution is -2.56. The van der Waals surface area contributed by atoms with Crippen LogP contribution < -0.4 is 0 Å². The number of carbonyl (C=O) groups excluding carboxylic acids is 1. The van der Waals surface area contributed by atoms with E-state index in [1.807, 2.05) is 12.1 Å². The second kappa shape index (κ2) is 10.5. The van der Waals surface area contributed by atoms with Crippen LogP contribution in [0.3, 0.4) is 0 Å². The van der Waals surface area contributed by atoms with Crippen molar-refractivity contribution in [3.05, 3.63) is 35.4 Å². The van der Waals surface area contributed by atoms with Crippen LogP contribution in [0.2, 0.25) is 0 Å². The van der Waals surface area contributed by atoms with Crippen LogP contribution in [0.1, 0.15) is 116 Å². The summed E-state index contributed by atoms with van der Waals surface area (Å²) in [5.74, 6) is 6.37. The number of nitriles is 1. The Balaban J connectivity index is 1.31. The van der Waals surface area contributed by atoms with Crippen LogP contribution >= 0.6 is 0 Å². The Morgan fingerprint density at radius 3 is 2.30 bits per heavy atom. The highest BCUT2D eigenvalue weighted by Crippen LogP contribution is 2.68. The van der Waals surface area contributed by atoms with E-state index in [9.17, 15) is 10.1 Å². The van der Waals surface area contributed by atoms with Crippen molar-refractivity contribution in [3.8, 4) is 6.07 Å². The van der Waals surface area contributed by atoms with Gasteiger partial charge in [-0.2, -0.15) is 5.26 Å². The fourth-order valence-corrected chi connectivity index (χ4v) is 10.6. The molecule has 1 aromatic rings. The molecule has 9 atom stereocenters. The SMILES string of the molecule is CC(C)CCC[C@@H](C)[C@H]1CC[C@H]2[C@@H]3CC[C@H]4[C@H](Cc5ccc(C#N)cc5)C(=O)CC[C@]4(C)[C@H]3CC[C@]12C. The highest BCUT2D eigenvalue weighted by molar-refractivity contribution is 5.82. The van der Waals surface area contributed by atoms with Crippen molar-refractivity contribution in [2.24, 2.45) is 58.2 Å². The highest BCUT2D eigenvalue weighted by Gasteiger charge is 2.61. The van der Waals surface area contributed by atoms with E-state index in [-0.39, 0.29) is 5.92 Å². The molecule has 4 saturated carbocycles. The quantitative estimate of drug-likeness (QED) is 0.374. The maximum Gasteiger partial charge on any atom is 0.136 e. The lowest BCUT2D eigenvalue weighted by atomic mass is 9.43. The van der Waals surface area contributed by atoms with Crippen molar-refractivity contribution in [1.29, 1.82) is 5.26 Å². The van der Waals surface area contributed by atoms with Gasteiger partial charge in [-0.05, 0) is 121 Å². The van der Waals surface area contributed by atoms with Crippen LogP contribution in [0.5, 0.6) is 0 Å². The predicted molar refractivity (Wildman–Crippen MR) is 152 cm³/mol. The zero-order chi connectivity index (χ0) is 26.4. The number of hydrogen-bond donors (Lipinski definition) is 0. The Morgan fingerprint density at radius 2 is 1.59 bits per heavy atom. The molecule has 1 aromatic carbocycles. The molecule has 4 fully saturated rings. The zero-order valence-corrected chi connectivity index (χ0v) is 24.3. The second-order valence-electron chi connectivity index (χ2n) is 14.7. The molecule has 0 spiro atoms. The molecule has 0 aliphatic heterocycles. The molecule has 37 heavy (non-hydrogen) atoms. The number of benzene rings is 1. The Bertz CT molecular complexity index is 1000. The first-order valence-corrected chi connectivity index (χ1v) is 15.7. The van der Waals surface area contributed by atoms with E-state index in [1.54, 1.807) is 0 Å². The van der Waals surface area contributed by atoms with Crippen molar-refractivity contribution in [3.63, 3.8) is 0 Å². The summed E-state index contributed by atoms with van der Waals surface area (Å²) in [5.41, 5.74) is 2.79. The molecular formula is C35H51NO. The van der Waals surface area contributed by atoms with E-state index >= 15 is 0 Å². The molecule has 4 aliphatic rings. The third kappa shape index (κ3) is 4.83. The summed E-state index contributed by atoms with van der Waals surface area (Å²) in [6.45, 7) is 12.6. The van der Waals surface area contributed by atoms with Crippen molar-refractivity contribution >= 4 is 5.78 Å². The molecule has 0 amide bonds. The van der Waals surface area contributed by atoms with Gasteiger partial charge in [0.05, 0.1) is 11.6 Å². The number of carbonyl (C=O) groups is 1. The topological polar surface area (TPSA) is 40.9 Å². The lowest BCUT2D eigenvalue weighted by Gasteiger charge is -2.62. The molecule has 5 rings (SSSR count). The summed E-state index contributed by atoms with van der Waals surface area (Å²) < 4.78 is 0. The minimum Gasteiger partial charge on any atom is -0.299 e. The average molecular weight is 502 g/mol. The molecule has 0 heterocycles. The summed E-state index contributed by atoms with van der Waals surface area (Å²) in [4.78, 5) is 13.3. The maximum atomic E-state index is 13.3.